The summed E-state index contributed by atoms with van der Waals surface area (Å²) >= 11 is 0. The second-order valence-corrected chi connectivity index (χ2v) is 10.2. The zero-order chi connectivity index (χ0) is 24.4. The number of rotatable bonds is 5. The number of aromatic nitrogens is 1. The molecule has 0 saturated carbocycles. The van der Waals surface area contributed by atoms with Crippen LogP contribution in [-0.4, -0.2) is 50.4 Å². The molecule has 8 heteroatoms. The molecule has 1 aliphatic rings. The Morgan fingerprint density at radius 3 is 2.31 bits per heavy atom. The molecule has 35 heavy (non-hydrogen) atoms. The van der Waals surface area contributed by atoms with Crippen LogP contribution in [0.3, 0.4) is 0 Å². The highest BCUT2D eigenvalue weighted by Crippen LogP contribution is 2.25. The summed E-state index contributed by atoms with van der Waals surface area (Å²) in [5.74, 6) is 0.0652. The van der Waals surface area contributed by atoms with Gasteiger partial charge in [-0.2, -0.15) is 0 Å². The molecular formula is C27H26N4O3S. The Labute approximate surface area is 205 Å². The van der Waals surface area contributed by atoms with Gasteiger partial charge in [-0.3, -0.25) is 14.5 Å². The Bertz CT molecular complexity index is 1470. The van der Waals surface area contributed by atoms with Crippen molar-refractivity contribution in [3.8, 4) is 0 Å². The van der Waals surface area contributed by atoms with Crippen LogP contribution in [0.4, 0.5) is 11.4 Å². The summed E-state index contributed by atoms with van der Waals surface area (Å²) < 4.78 is 28.8. The predicted molar refractivity (Wildman–Crippen MR) is 138 cm³/mol. The normalized spacial score (nSPS) is 14.2. The van der Waals surface area contributed by atoms with Crippen molar-refractivity contribution in [1.29, 1.82) is 0 Å². The van der Waals surface area contributed by atoms with E-state index in [1.807, 2.05) is 60.4 Å². The molecule has 1 amide bonds. The minimum atomic E-state index is -3.79. The van der Waals surface area contributed by atoms with Crippen LogP contribution in [0, 0.1) is 6.92 Å². The molecule has 5 rings (SSSR count). The molecule has 178 valence electrons. The second-order valence-electron chi connectivity index (χ2n) is 8.58. The van der Waals surface area contributed by atoms with E-state index in [0.29, 0.717) is 37.4 Å². The average molecular weight is 487 g/mol. The molecule has 0 unspecified atom stereocenters. The Kier molecular flexibility index (Phi) is 6.13. The van der Waals surface area contributed by atoms with Crippen LogP contribution < -0.4 is 9.62 Å². The average Bonchev–Trinajstić information content (AvgIpc) is 2.88. The number of aryl methyl sites for hydroxylation is 1. The highest BCUT2D eigenvalue weighted by Gasteiger charge is 2.23. The number of carbonyl (C=O) groups excluding carboxylic acids is 1. The molecule has 7 nitrogen and oxygen atoms in total. The minimum Gasteiger partial charge on any atom is -0.368 e. The van der Waals surface area contributed by atoms with E-state index in [9.17, 15) is 13.2 Å². The molecule has 1 aromatic heterocycles. The van der Waals surface area contributed by atoms with Gasteiger partial charge < -0.3 is 9.80 Å². The molecule has 0 aliphatic carbocycles. The molecule has 1 saturated heterocycles. The number of amides is 1. The van der Waals surface area contributed by atoms with Gasteiger partial charge in [0, 0.05) is 54.7 Å². The first-order valence-electron chi connectivity index (χ1n) is 11.5. The molecule has 3 aromatic carbocycles. The lowest BCUT2D eigenvalue weighted by molar-refractivity contribution is 0.0746. The number of sulfonamides is 1. The first-order chi connectivity index (χ1) is 16.9. The van der Waals surface area contributed by atoms with Crippen molar-refractivity contribution in [1.82, 2.24) is 9.88 Å². The van der Waals surface area contributed by atoms with E-state index < -0.39 is 10.0 Å². The maximum atomic E-state index is 13.0. The molecule has 4 aromatic rings. The fourth-order valence-electron chi connectivity index (χ4n) is 4.39. The Hall–Kier alpha value is -3.91. The number of fused-ring (bicyclic) bond motifs is 1. The summed E-state index contributed by atoms with van der Waals surface area (Å²) in [6.07, 6.45) is 1.59. The fourth-order valence-corrected chi connectivity index (χ4v) is 5.63. The molecule has 0 radical (unpaired) electrons. The lowest BCUT2D eigenvalue weighted by Gasteiger charge is -2.36. The lowest BCUT2D eigenvalue weighted by atomic mass is 10.1. The fraction of sp³-hybridized carbons (Fsp3) is 0.185. The van der Waals surface area contributed by atoms with Crippen LogP contribution in [0.25, 0.3) is 10.9 Å². The van der Waals surface area contributed by atoms with Gasteiger partial charge in [-0.1, -0.05) is 36.4 Å². The van der Waals surface area contributed by atoms with Crippen molar-refractivity contribution in [2.45, 2.75) is 11.8 Å². The third kappa shape index (κ3) is 4.70. The number of piperazine rings is 1. The van der Waals surface area contributed by atoms with Crippen molar-refractivity contribution in [3.63, 3.8) is 0 Å². The predicted octanol–water partition coefficient (Wildman–Crippen LogP) is 4.31. The summed E-state index contributed by atoms with van der Waals surface area (Å²) in [4.78, 5) is 21.4. The van der Waals surface area contributed by atoms with Gasteiger partial charge in [0.25, 0.3) is 15.9 Å². The van der Waals surface area contributed by atoms with Gasteiger partial charge in [-0.15, -0.1) is 0 Å². The Morgan fingerprint density at radius 1 is 0.857 bits per heavy atom. The van der Waals surface area contributed by atoms with Crippen LogP contribution in [0.5, 0.6) is 0 Å². The first kappa shape index (κ1) is 22.9. The lowest BCUT2D eigenvalue weighted by Crippen LogP contribution is -2.48. The Morgan fingerprint density at radius 2 is 1.57 bits per heavy atom. The largest absolute Gasteiger partial charge is 0.368 e. The SMILES string of the molecule is Cc1ccccc1C(=O)N1CCN(c2ccc(NS(=O)(=O)c3cccc4cccnc34)cc2)CC1. The third-order valence-corrected chi connectivity index (χ3v) is 7.73. The molecular weight excluding hydrogens is 460 g/mol. The highest BCUT2D eigenvalue weighted by molar-refractivity contribution is 7.93. The number of hydrogen-bond donors (Lipinski definition) is 1. The molecule has 1 aliphatic heterocycles. The number of para-hydroxylation sites is 1. The van der Waals surface area contributed by atoms with Gasteiger partial charge in [-0.05, 0) is 55.0 Å². The van der Waals surface area contributed by atoms with Crippen molar-refractivity contribution < 1.29 is 13.2 Å². The van der Waals surface area contributed by atoms with E-state index in [1.165, 1.54) is 0 Å². The van der Waals surface area contributed by atoms with Gasteiger partial charge in [-0.25, -0.2) is 8.42 Å². The van der Waals surface area contributed by atoms with Crippen LogP contribution in [0.1, 0.15) is 15.9 Å². The molecule has 0 spiro atoms. The van der Waals surface area contributed by atoms with E-state index in [1.54, 1.807) is 36.5 Å². The van der Waals surface area contributed by atoms with E-state index in [0.717, 1.165) is 22.2 Å². The van der Waals surface area contributed by atoms with Gasteiger partial charge in [0.1, 0.15) is 4.90 Å². The molecule has 0 bridgehead atoms. The second kappa shape index (κ2) is 9.38. The summed E-state index contributed by atoms with van der Waals surface area (Å²) in [6, 6.07) is 23.7. The molecule has 0 atom stereocenters. The standard InChI is InChI=1S/C27H26N4O3S/c1-20-6-2-3-9-24(20)27(32)31-18-16-30(17-19-31)23-13-11-22(12-14-23)29-35(33,34)25-10-4-7-21-8-5-15-28-26(21)25/h2-15,29H,16-19H2,1H3. The highest BCUT2D eigenvalue weighted by atomic mass is 32.2. The first-order valence-corrected chi connectivity index (χ1v) is 13.0. The number of hydrogen-bond acceptors (Lipinski definition) is 5. The number of benzene rings is 3. The quantitative estimate of drug-likeness (QED) is 0.455. The minimum absolute atomic E-state index is 0.0652. The molecule has 2 heterocycles. The third-order valence-electron chi connectivity index (χ3n) is 6.31. The van der Waals surface area contributed by atoms with E-state index in [4.69, 9.17) is 0 Å². The summed E-state index contributed by atoms with van der Waals surface area (Å²) in [7, 11) is -3.79. The van der Waals surface area contributed by atoms with E-state index in [-0.39, 0.29) is 10.8 Å². The van der Waals surface area contributed by atoms with Crippen molar-refractivity contribution in [2.24, 2.45) is 0 Å². The maximum absolute atomic E-state index is 13.0. The number of pyridine rings is 1. The van der Waals surface area contributed by atoms with E-state index >= 15 is 0 Å². The maximum Gasteiger partial charge on any atom is 0.264 e. The van der Waals surface area contributed by atoms with Crippen molar-refractivity contribution in [2.75, 3.05) is 35.8 Å². The zero-order valence-electron chi connectivity index (χ0n) is 19.4. The summed E-state index contributed by atoms with van der Waals surface area (Å²) in [6.45, 7) is 4.65. The summed E-state index contributed by atoms with van der Waals surface area (Å²) in [5.41, 5.74) is 3.64. The molecule has 1 fully saturated rings. The van der Waals surface area contributed by atoms with Crippen molar-refractivity contribution in [3.05, 3.63) is 96.2 Å². The van der Waals surface area contributed by atoms with Gasteiger partial charge in [0.2, 0.25) is 0 Å². The van der Waals surface area contributed by atoms with E-state index in [2.05, 4.69) is 14.6 Å². The van der Waals surface area contributed by atoms with Crippen LogP contribution >= 0.6 is 0 Å². The molecule has 1 N–H and O–H groups in total. The zero-order valence-corrected chi connectivity index (χ0v) is 20.2. The number of nitrogens with zero attached hydrogens (tertiary/aromatic N) is 3. The number of nitrogens with one attached hydrogen (secondary N) is 1. The monoisotopic (exact) mass is 486 g/mol. The number of anilines is 2. The smallest absolute Gasteiger partial charge is 0.264 e. The summed E-state index contributed by atoms with van der Waals surface area (Å²) in [5, 5.41) is 0.769. The van der Waals surface area contributed by atoms with Gasteiger partial charge >= 0.3 is 0 Å². The van der Waals surface area contributed by atoms with Gasteiger partial charge in [0.05, 0.1) is 5.52 Å². The van der Waals surface area contributed by atoms with Crippen LogP contribution in [0.2, 0.25) is 0 Å². The van der Waals surface area contributed by atoms with Crippen LogP contribution in [-0.2, 0) is 10.0 Å². The number of carbonyl (C=O) groups is 1. The topological polar surface area (TPSA) is 82.6 Å². The van der Waals surface area contributed by atoms with Gasteiger partial charge in [0.15, 0.2) is 0 Å². The Balaban J connectivity index is 1.25. The van der Waals surface area contributed by atoms with Crippen molar-refractivity contribution >= 4 is 38.2 Å². The van der Waals surface area contributed by atoms with Crippen LogP contribution in [0.15, 0.2) is 90.0 Å².